The Hall–Kier alpha value is -2.55. The summed E-state index contributed by atoms with van der Waals surface area (Å²) in [5, 5.41) is 14.3. The lowest BCUT2D eigenvalue weighted by Gasteiger charge is -2.01. The van der Waals surface area contributed by atoms with E-state index in [4.69, 9.17) is 17.3 Å². The number of amides is 1. The van der Waals surface area contributed by atoms with Crippen LogP contribution in [0.4, 0.5) is 5.69 Å². The van der Waals surface area contributed by atoms with E-state index in [9.17, 15) is 14.9 Å². The van der Waals surface area contributed by atoms with Crippen molar-refractivity contribution < 1.29 is 9.72 Å². The Kier molecular flexibility index (Phi) is 2.90. The highest BCUT2D eigenvalue weighted by molar-refractivity contribution is 6.31. The molecule has 1 amide bonds. The Morgan fingerprint density at radius 2 is 2.22 bits per heavy atom. The fourth-order valence-corrected chi connectivity index (χ4v) is 1.44. The van der Waals surface area contributed by atoms with E-state index in [1.54, 1.807) is 0 Å². The average molecular weight is 269 g/mol. The number of nitrogens with zero attached hydrogens (tertiary/aromatic N) is 5. The molecule has 0 saturated heterocycles. The lowest BCUT2D eigenvalue weighted by molar-refractivity contribution is -0.385. The number of primary amides is 1. The maximum Gasteiger partial charge on any atom is 0.350 e. The summed E-state index contributed by atoms with van der Waals surface area (Å²) >= 11 is 5.62. The van der Waals surface area contributed by atoms with Crippen molar-refractivity contribution in [2.24, 2.45) is 5.73 Å². The van der Waals surface area contributed by atoms with Gasteiger partial charge in [0.2, 0.25) is 11.0 Å². The van der Waals surface area contributed by atoms with Gasteiger partial charge in [0.1, 0.15) is 6.33 Å². The Bertz CT molecular complexity index is 640. The van der Waals surface area contributed by atoms with E-state index in [-0.39, 0.29) is 16.5 Å². The van der Waals surface area contributed by atoms with Gasteiger partial charge in [-0.3, -0.25) is 14.9 Å². The van der Waals surface area contributed by atoms with E-state index in [0.29, 0.717) is 0 Å². The van der Waals surface area contributed by atoms with Crippen molar-refractivity contribution in [1.82, 2.24) is 19.7 Å². The summed E-state index contributed by atoms with van der Waals surface area (Å²) in [4.78, 5) is 28.3. The van der Waals surface area contributed by atoms with Gasteiger partial charge in [-0.05, 0) is 0 Å². The van der Waals surface area contributed by atoms with Crippen LogP contribution in [0.2, 0.25) is 5.15 Å². The zero-order valence-electron chi connectivity index (χ0n) is 8.65. The number of nitro groups is 1. The summed E-state index contributed by atoms with van der Waals surface area (Å²) in [5.41, 5.74) is 4.64. The first-order valence-electron chi connectivity index (χ1n) is 4.50. The first-order valence-corrected chi connectivity index (χ1v) is 4.88. The second-order valence-electron chi connectivity index (χ2n) is 3.13. The van der Waals surface area contributed by atoms with Gasteiger partial charge in [-0.15, -0.1) is 0 Å². The minimum Gasteiger partial charge on any atom is -0.366 e. The molecule has 2 heterocycles. The highest BCUT2D eigenvalue weighted by Crippen LogP contribution is 2.26. The van der Waals surface area contributed by atoms with Gasteiger partial charge in [-0.1, -0.05) is 11.6 Å². The molecule has 0 bridgehead atoms. The fraction of sp³-hybridized carbons (Fsp3) is 0. The van der Waals surface area contributed by atoms with Gasteiger partial charge >= 0.3 is 5.69 Å². The Labute approximate surface area is 104 Å². The monoisotopic (exact) mass is 268 g/mol. The average Bonchev–Trinajstić information content (AvgIpc) is 2.77. The Balaban J connectivity index is 2.59. The van der Waals surface area contributed by atoms with Crippen molar-refractivity contribution in [3.8, 4) is 5.82 Å². The number of hydrogen-bond acceptors (Lipinski definition) is 6. The molecular weight excluding hydrogens is 264 g/mol. The topological polar surface area (TPSA) is 130 Å². The molecule has 92 valence electrons. The quantitative estimate of drug-likeness (QED) is 0.485. The summed E-state index contributed by atoms with van der Waals surface area (Å²) < 4.78 is 1.03. The molecule has 0 aliphatic heterocycles. The van der Waals surface area contributed by atoms with Gasteiger partial charge in [0.15, 0.2) is 0 Å². The number of halogens is 1. The largest absolute Gasteiger partial charge is 0.366 e. The number of carbonyl (C=O) groups is 1. The van der Waals surface area contributed by atoms with E-state index in [1.165, 1.54) is 12.4 Å². The van der Waals surface area contributed by atoms with Crippen molar-refractivity contribution in [1.29, 1.82) is 0 Å². The van der Waals surface area contributed by atoms with Crippen LogP contribution in [0.3, 0.4) is 0 Å². The normalized spacial score (nSPS) is 10.3. The molecule has 2 N–H and O–H groups in total. The number of hydrogen-bond donors (Lipinski definition) is 1. The summed E-state index contributed by atoms with van der Waals surface area (Å²) in [7, 11) is 0. The molecule has 0 unspecified atom stereocenters. The molecule has 0 aliphatic carbocycles. The second-order valence-corrected chi connectivity index (χ2v) is 3.49. The van der Waals surface area contributed by atoms with Crippen molar-refractivity contribution in [3.05, 3.63) is 39.6 Å². The molecule has 0 atom stereocenters. The van der Waals surface area contributed by atoms with E-state index in [1.807, 2.05) is 0 Å². The summed E-state index contributed by atoms with van der Waals surface area (Å²) in [6.45, 7) is 0. The SMILES string of the molecule is NC(=O)c1cnn(-c2ncnc(Cl)c2[N+](=O)[O-])c1. The molecular formula is C8H5ClN6O3. The fourth-order valence-electron chi connectivity index (χ4n) is 1.24. The van der Waals surface area contributed by atoms with Crippen LogP contribution in [0.25, 0.3) is 5.82 Å². The van der Waals surface area contributed by atoms with Crippen molar-refractivity contribution in [2.75, 3.05) is 0 Å². The molecule has 0 aliphatic rings. The standard InChI is InChI=1S/C8H5ClN6O3/c9-6-5(15(17)18)8(12-3-11-6)14-2-4(1-13-14)7(10)16/h1-3H,(H2,10,16). The predicted molar refractivity (Wildman–Crippen MR) is 59.3 cm³/mol. The second kappa shape index (κ2) is 4.37. The van der Waals surface area contributed by atoms with Crippen LogP contribution >= 0.6 is 11.6 Å². The van der Waals surface area contributed by atoms with Crippen LogP contribution in [0.1, 0.15) is 10.4 Å². The lowest BCUT2D eigenvalue weighted by Crippen LogP contribution is -2.10. The molecule has 18 heavy (non-hydrogen) atoms. The van der Waals surface area contributed by atoms with Crippen LogP contribution in [0.15, 0.2) is 18.7 Å². The molecule has 0 fully saturated rings. The van der Waals surface area contributed by atoms with E-state index >= 15 is 0 Å². The predicted octanol–water partition coefficient (Wildman–Crippen LogP) is 0.323. The maximum absolute atomic E-state index is 10.9. The van der Waals surface area contributed by atoms with Crippen LogP contribution in [-0.2, 0) is 0 Å². The smallest absolute Gasteiger partial charge is 0.350 e. The molecule has 2 rings (SSSR count). The third-order valence-corrected chi connectivity index (χ3v) is 2.30. The maximum atomic E-state index is 10.9. The third kappa shape index (κ3) is 1.98. The van der Waals surface area contributed by atoms with Gasteiger partial charge in [-0.2, -0.15) is 5.10 Å². The Morgan fingerprint density at radius 3 is 2.78 bits per heavy atom. The minimum atomic E-state index is -0.733. The van der Waals surface area contributed by atoms with Crippen molar-refractivity contribution >= 4 is 23.2 Å². The zero-order valence-corrected chi connectivity index (χ0v) is 9.40. The minimum absolute atomic E-state index is 0.0963. The number of carbonyl (C=O) groups excluding carboxylic acids is 1. The van der Waals surface area contributed by atoms with Gasteiger partial charge in [0, 0.05) is 6.20 Å². The van der Waals surface area contributed by atoms with E-state index in [0.717, 1.165) is 11.0 Å². The first-order chi connectivity index (χ1) is 8.50. The molecule has 0 saturated carbocycles. The summed E-state index contributed by atoms with van der Waals surface area (Å²) in [6, 6.07) is 0. The van der Waals surface area contributed by atoms with Crippen LogP contribution in [-0.4, -0.2) is 30.6 Å². The molecule has 0 radical (unpaired) electrons. The van der Waals surface area contributed by atoms with Crippen LogP contribution in [0, 0.1) is 10.1 Å². The highest BCUT2D eigenvalue weighted by Gasteiger charge is 2.23. The van der Waals surface area contributed by atoms with Crippen molar-refractivity contribution in [3.63, 3.8) is 0 Å². The van der Waals surface area contributed by atoms with Gasteiger partial charge in [0.25, 0.3) is 5.91 Å². The number of rotatable bonds is 3. The van der Waals surface area contributed by atoms with E-state index in [2.05, 4.69) is 15.1 Å². The van der Waals surface area contributed by atoms with Gasteiger partial charge < -0.3 is 5.73 Å². The van der Waals surface area contributed by atoms with Gasteiger partial charge in [-0.25, -0.2) is 14.6 Å². The molecule has 0 spiro atoms. The summed E-state index contributed by atoms with van der Waals surface area (Å²) in [5.74, 6) is -0.850. The summed E-state index contributed by atoms with van der Waals surface area (Å²) in [6.07, 6.45) is 3.44. The van der Waals surface area contributed by atoms with E-state index < -0.39 is 16.5 Å². The lowest BCUT2D eigenvalue weighted by atomic mass is 10.3. The third-order valence-electron chi connectivity index (χ3n) is 2.02. The molecule has 2 aromatic rings. The zero-order chi connectivity index (χ0) is 13.3. The number of aromatic nitrogens is 4. The molecule has 10 heteroatoms. The van der Waals surface area contributed by atoms with Crippen molar-refractivity contribution in [2.45, 2.75) is 0 Å². The Morgan fingerprint density at radius 1 is 1.50 bits per heavy atom. The van der Waals surface area contributed by atoms with Gasteiger partial charge in [0.05, 0.1) is 16.7 Å². The molecule has 9 nitrogen and oxygen atoms in total. The molecule has 0 aromatic carbocycles. The van der Waals surface area contributed by atoms with Crippen LogP contribution < -0.4 is 5.73 Å². The van der Waals surface area contributed by atoms with Crippen LogP contribution in [0.5, 0.6) is 0 Å². The highest BCUT2D eigenvalue weighted by atomic mass is 35.5. The molecule has 2 aromatic heterocycles. The number of nitrogens with two attached hydrogens (primary N) is 1. The first kappa shape index (κ1) is 11.9.